The van der Waals surface area contributed by atoms with Crippen LogP contribution in [0.1, 0.15) is 12.7 Å². The van der Waals surface area contributed by atoms with E-state index in [9.17, 15) is 4.39 Å². The van der Waals surface area contributed by atoms with Gasteiger partial charge in [0.1, 0.15) is 24.1 Å². The van der Waals surface area contributed by atoms with Gasteiger partial charge in [0.2, 0.25) is 0 Å². The molecular weight excluding hydrogens is 271 g/mol. The van der Waals surface area contributed by atoms with E-state index in [0.717, 1.165) is 0 Å². The molecule has 0 saturated heterocycles. The molecule has 0 aliphatic rings. The van der Waals surface area contributed by atoms with Crippen LogP contribution < -0.4 is 10.2 Å². The summed E-state index contributed by atoms with van der Waals surface area (Å²) < 4.78 is 19.1. The van der Waals surface area contributed by atoms with Gasteiger partial charge in [0.05, 0.1) is 5.69 Å². The van der Waals surface area contributed by atoms with Crippen LogP contribution in [-0.2, 0) is 11.3 Å². The number of hydrogen-bond acceptors (Lipinski definition) is 5. The summed E-state index contributed by atoms with van der Waals surface area (Å²) in [6, 6.07) is 8.43. The number of nitrogens with zero attached hydrogens (tertiary/aromatic N) is 3. The fourth-order valence-corrected chi connectivity index (χ4v) is 2.07. The van der Waals surface area contributed by atoms with Crippen LogP contribution in [0.25, 0.3) is 0 Å². The third-order valence-corrected chi connectivity index (χ3v) is 3.02. The van der Waals surface area contributed by atoms with Crippen LogP contribution in [0, 0.1) is 5.82 Å². The molecule has 1 aromatic carbocycles. The summed E-state index contributed by atoms with van der Waals surface area (Å²) in [6.07, 6.45) is 0. The molecule has 2 rings (SSSR count). The number of aromatic nitrogens is 2. The highest BCUT2D eigenvalue weighted by atomic mass is 19.1. The SMILES string of the molecule is CCN(c1cc(NC)nc(COC)n1)c1ccccc1F. The van der Waals surface area contributed by atoms with Crippen LogP contribution in [0.5, 0.6) is 0 Å². The van der Waals surface area contributed by atoms with Crippen LogP contribution in [0.2, 0.25) is 0 Å². The summed E-state index contributed by atoms with van der Waals surface area (Å²) in [5.41, 5.74) is 0.490. The van der Waals surface area contributed by atoms with Crippen molar-refractivity contribution in [3.05, 3.63) is 42.0 Å². The quantitative estimate of drug-likeness (QED) is 0.886. The predicted molar refractivity (Wildman–Crippen MR) is 81.4 cm³/mol. The molecule has 0 spiro atoms. The van der Waals surface area contributed by atoms with Crippen molar-refractivity contribution in [3.63, 3.8) is 0 Å². The van der Waals surface area contributed by atoms with Gasteiger partial charge < -0.3 is 15.0 Å². The van der Waals surface area contributed by atoms with E-state index in [4.69, 9.17) is 4.74 Å². The monoisotopic (exact) mass is 290 g/mol. The van der Waals surface area contributed by atoms with Crippen molar-refractivity contribution in [2.75, 3.05) is 30.9 Å². The Morgan fingerprint density at radius 1 is 1.29 bits per heavy atom. The topological polar surface area (TPSA) is 50.3 Å². The summed E-state index contributed by atoms with van der Waals surface area (Å²) in [5.74, 6) is 1.57. The molecule has 0 atom stereocenters. The van der Waals surface area contributed by atoms with Gasteiger partial charge in [0.25, 0.3) is 0 Å². The first kappa shape index (κ1) is 15.2. The van der Waals surface area contributed by atoms with Crippen LogP contribution in [-0.4, -0.2) is 30.7 Å². The highest BCUT2D eigenvalue weighted by molar-refractivity contribution is 5.62. The zero-order chi connectivity index (χ0) is 15.2. The fraction of sp³-hybridized carbons (Fsp3) is 0.333. The summed E-state index contributed by atoms with van der Waals surface area (Å²) in [5, 5.41) is 2.98. The second kappa shape index (κ2) is 6.99. The maximum atomic E-state index is 14.0. The summed E-state index contributed by atoms with van der Waals surface area (Å²) >= 11 is 0. The third-order valence-electron chi connectivity index (χ3n) is 3.02. The molecule has 0 aliphatic carbocycles. The van der Waals surface area contributed by atoms with Gasteiger partial charge in [-0.15, -0.1) is 0 Å². The molecule has 0 bridgehead atoms. The minimum Gasteiger partial charge on any atom is -0.377 e. The van der Waals surface area contributed by atoms with Crippen molar-refractivity contribution < 1.29 is 9.13 Å². The van der Waals surface area contributed by atoms with E-state index >= 15 is 0 Å². The van der Waals surface area contributed by atoms with Gasteiger partial charge in [0, 0.05) is 26.8 Å². The molecule has 1 aromatic heterocycles. The maximum absolute atomic E-state index is 14.0. The van der Waals surface area contributed by atoms with Crippen molar-refractivity contribution >= 4 is 17.3 Å². The smallest absolute Gasteiger partial charge is 0.158 e. The number of nitrogens with one attached hydrogen (secondary N) is 1. The molecule has 0 fully saturated rings. The Hall–Kier alpha value is -2.21. The minimum absolute atomic E-state index is 0.280. The second-order valence-corrected chi connectivity index (χ2v) is 4.41. The lowest BCUT2D eigenvalue weighted by molar-refractivity contribution is 0.178. The Morgan fingerprint density at radius 2 is 2.05 bits per heavy atom. The molecule has 6 heteroatoms. The van der Waals surface area contributed by atoms with E-state index in [0.29, 0.717) is 36.3 Å². The van der Waals surface area contributed by atoms with E-state index in [1.54, 1.807) is 43.3 Å². The normalized spacial score (nSPS) is 10.5. The third kappa shape index (κ3) is 3.46. The largest absolute Gasteiger partial charge is 0.377 e. The van der Waals surface area contributed by atoms with Crippen LogP contribution in [0.3, 0.4) is 0 Å². The van der Waals surface area contributed by atoms with E-state index in [1.165, 1.54) is 6.07 Å². The Morgan fingerprint density at radius 3 is 2.67 bits per heavy atom. The van der Waals surface area contributed by atoms with Gasteiger partial charge in [-0.25, -0.2) is 14.4 Å². The highest BCUT2D eigenvalue weighted by Gasteiger charge is 2.15. The maximum Gasteiger partial charge on any atom is 0.158 e. The number of hydrogen-bond donors (Lipinski definition) is 1. The van der Waals surface area contributed by atoms with Crippen LogP contribution in [0.15, 0.2) is 30.3 Å². The molecule has 0 saturated carbocycles. The number of halogens is 1. The number of benzene rings is 1. The van der Waals surface area contributed by atoms with Gasteiger partial charge in [-0.2, -0.15) is 0 Å². The van der Waals surface area contributed by atoms with Gasteiger partial charge in [0.15, 0.2) is 5.82 Å². The van der Waals surface area contributed by atoms with Crippen LogP contribution >= 0.6 is 0 Å². The van der Waals surface area contributed by atoms with Gasteiger partial charge >= 0.3 is 0 Å². The number of ether oxygens (including phenoxy) is 1. The molecule has 21 heavy (non-hydrogen) atoms. The van der Waals surface area contributed by atoms with Gasteiger partial charge in [-0.05, 0) is 19.1 Å². The van der Waals surface area contributed by atoms with Crippen molar-refractivity contribution in [2.24, 2.45) is 0 Å². The predicted octanol–water partition coefficient (Wildman–Crippen LogP) is 2.96. The molecule has 0 amide bonds. The fourth-order valence-electron chi connectivity index (χ4n) is 2.07. The van der Waals surface area contributed by atoms with E-state index in [-0.39, 0.29) is 5.82 Å². The summed E-state index contributed by atoms with van der Waals surface area (Å²) in [6.45, 7) is 2.84. The first-order chi connectivity index (χ1) is 10.2. The molecule has 112 valence electrons. The number of anilines is 3. The highest BCUT2D eigenvalue weighted by Crippen LogP contribution is 2.27. The lowest BCUT2D eigenvalue weighted by atomic mass is 10.2. The minimum atomic E-state index is -0.280. The van der Waals surface area contributed by atoms with E-state index in [1.807, 2.05) is 6.92 Å². The lowest BCUT2D eigenvalue weighted by Crippen LogP contribution is -2.20. The number of rotatable bonds is 6. The Labute approximate surface area is 123 Å². The van der Waals surface area contributed by atoms with E-state index < -0.39 is 0 Å². The second-order valence-electron chi connectivity index (χ2n) is 4.41. The first-order valence-electron chi connectivity index (χ1n) is 6.76. The summed E-state index contributed by atoms with van der Waals surface area (Å²) in [4.78, 5) is 10.6. The Balaban J connectivity index is 2.46. The molecule has 5 nitrogen and oxygen atoms in total. The molecule has 1 N–H and O–H groups in total. The first-order valence-corrected chi connectivity index (χ1v) is 6.76. The van der Waals surface area contributed by atoms with Crippen molar-refractivity contribution in [2.45, 2.75) is 13.5 Å². The van der Waals surface area contributed by atoms with E-state index in [2.05, 4.69) is 15.3 Å². The molecule has 1 heterocycles. The lowest BCUT2D eigenvalue weighted by Gasteiger charge is -2.23. The average molecular weight is 290 g/mol. The number of methoxy groups -OCH3 is 1. The zero-order valence-electron chi connectivity index (χ0n) is 12.4. The zero-order valence-corrected chi connectivity index (χ0v) is 12.4. The van der Waals surface area contributed by atoms with Crippen molar-refractivity contribution in [3.8, 4) is 0 Å². The standard InChI is InChI=1S/C15H19FN4O/c1-4-20(12-8-6-5-7-11(12)16)15-9-13(17-2)18-14(19-15)10-21-3/h5-9H,4,10H2,1-3H3,(H,17,18,19). The molecule has 2 aromatic rings. The van der Waals surface area contributed by atoms with Gasteiger partial charge in [-0.3, -0.25) is 0 Å². The van der Waals surface area contributed by atoms with Gasteiger partial charge in [-0.1, -0.05) is 12.1 Å². The van der Waals surface area contributed by atoms with Crippen LogP contribution in [0.4, 0.5) is 21.7 Å². The summed E-state index contributed by atoms with van der Waals surface area (Å²) in [7, 11) is 3.37. The Bertz CT molecular complexity index is 606. The van der Waals surface area contributed by atoms with Crippen molar-refractivity contribution in [1.82, 2.24) is 9.97 Å². The van der Waals surface area contributed by atoms with Crippen molar-refractivity contribution in [1.29, 1.82) is 0 Å². The number of para-hydroxylation sites is 1. The molecule has 0 radical (unpaired) electrons. The Kier molecular flexibility index (Phi) is 5.05. The average Bonchev–Trinajstić information content (AvgIpc) is 2.50. The molecule has 0 aliphatic heterocycles. The molecular formula is C15H19FN4O. The molecule has 0 unspecified atom stereocenters.